The van der Waals surface area contributed by atoms with Crippen molar-refractivity contribution in [3.8, 4) is 11.5 Å². The van der Waals surface area contributed by atoms with Gasteiger partial charge in [0.05, 0.1) is 0 Å². The molecule has 2 nitrogen and oxygen atoms in total. The third-order valence-corrected chi connectivity index (χ3v) is 3.79. The van der Waals surface area contributed by atoms with Crippen LogP contribution in [0.4, 0.5) is 4.39 Å². The van der Waals surface area contributed by atoms with Crippen molar-refractivity contribution in [3.63, 3.8) is 0 Å². The van der Waals surface area contributed by atoms with Crippen molar-refractivity contribution in [2.24, 2.45) is 5.73 Å². The number of rotatable bonds is 4. The molecule has 0 unspecified atom stereocenters. The van der Waals surface area contributed by atoms with Gasteiger partial charge < -0.3 is 10.5 Å². The molecule has 0 aliphatic rings. The number of nitrogens with two attached hydrogens (primary N) is 1. The Morgan fingerprint density at radius 3 is 2.53 bits per heavy atom. The Bertz CT molecular complexity index is 590. The molecule has 0 saturated heterocycles. The lowest BCUT2D eigenvalue weighted by molar-refractivity contribution is 0.441. The van der Waals surface area contributed by atoms with Gasteiger partial charge in [-0.2, -0.15) is 0 Å². The highest BCUT2D eigenvalue weighted by Gasteiger charge is 2.07. The van der Waals surface area contributed by atoms with Gasteiger partial charge in [-0.1, -0.05) is 37.9 Å². The van der Waals surface area contributed by atoms with Crippen LogP contribution in [0.2, 0.25) is 0 Å². The molecule has 0 aliphatic carbocycles. The summed E-state index contributed by atoms with van der Waals surface area (Å²) < 4.78 is 20.8. The topological polar surface area (TPSA) is 35.2 Å². The second-order valence-corrected chi connectivity index (χ2v) is 5.74. The van der Waals surface area contributed by atoms with Crippen molar-refractivity contribution in [3.05, 3.63) is 56.7 Å². The Morgan fingerprint density at radius 1 is 1.11 bits per heavy atom. The molecule has 19 heavy (non-hydrogen) atoms. The van der Waals surface area contributed by atoms with Crippen LogP contribution < -0.4 is 10.5 Å². The van der Waals surface area contributed by atoms with Crippen LogP contribution in [0.3, 0.4) is 0 Å². The van der Waals surface area contributed by atoms with Crippen LogP contribution in [0.25, 0.3) is 0 Å². The Morgan fingerprint density at radius 2 is 1.89 bits per heavy atom. The first-order valence-corrected chi connectivity index (χ1v) is 7.30. The standard InChI is InChI=1S/C14H12Br2FNO/c15-10-2-4-14(13(17)7-10)19-11-3-1-9(5-6-18)12(16)8-11/h1-4,7-8H,5-6,18H2. The molecule has 2 rings (SSSR count). The highest BCUT2D eigenvalue weighted by Crippen LogP contribution is 2.30. The summed E-state index contributed by atoms with van der Waals surface area (Å²) in [5.74, 6) is 0.368. The average molecular weight is 389 g/mol. The van der Waals surface area contributed by atoms with Crippen LogP contribution in [0, 0.1) is 5.82 Å². The van der Waals surface area contributed by atoms with Crippen molar-refractivity contribution in [1.29, 1.82) is 0 Å². The quantitative estimate of drug-likeness (QED) is 0.827. The van der Waals surface area contributed by atoms with E-state index in [1.165, 1.54) is 6.07 Å². The summed E-state index contributed by atoms with van der Waals surface area (Å²) >= 11 is 6.66. The molecular weight excluding hydrogens is 377 g/mol. The molecule has 0 fully saturated rings. The maximum Gasteiger partial charge on any atom is 0.166 e. The Kier molecular flexibility index (Phi) is 4.96. The molecule has 0 spiro atoms. The molecular formula is C14H12Br2FNO. The normalized spacial score (nSPS) is 10.5. The van der Waals surface area contributed by atoms with Crippen molar-refractivity contribution >= 4 is 31.9 Å². The molecule has 2 N–H and O–H groups in total. The van der Waals surface area contributed by atoms with Crippen molar-refractivity contribution in [1.82, 2.24) is 0 Å². The number of ether oxygens (including phenoxy) is 1. The summed E-state index contributed by atoms with van der Waals surface area (Å²) in [6, 6.07) is 10.2. The number of hydrogen-bond donors (Lipinski definition) is 1. The maximum atomic E-state index is 13.7. The van der Waals surface area contributed by atoms with Gasteiger partial charge >= 0.3 is 0 Å². The molecule has 0 heterocycles. The van der Waals surface area contributed by atoms with Crippen LogP contribution in [0.1, 0.15) is 5.56 Å². The molecule has 100 valence electrons. The fourth-order valence-electron chi connectivity index (χ4n) is 1.63. The number of benzene rings is 2. The van der Waals surface area contributed by atoms with E-state index in [1.807, 2.05) is 12.1 Å². The van der Waals surface area contributed by atoms with Crippen LogP contribution in [-0.2, 0) is 6.42 Å². The fourth-order valence-corrected chi connectivity index (χ4v) is 2.52. The van der Waals surface area contributed by atoms with E-state index in [-0.39, 0.29) is 5.75 Å². The molecule has 2 aromatic carbocycles. The van der Waals surface area contributed by atoms with Gasteiger partial charge in [0, 0.05) is 8.95 Å². The molecule has 0 saturated carbocycles. The van der Waals surface area contributed by atoms with E-state index < -0.39 is 5.82 Å². The average Bonchev–Trinajstić information content (AvgIpc) is 2.36. The Labute approximate surface area is 128 Å². The molecule has 0 amide bonds. The van der Waals surface area contributed by atoms with Crippen LogP contribution in [-0.4, -0.2) is 6.54 Å². The van der Waals surface area contributed by atoms with Crippen molar-refractivity contribution in [2.75, 3.05) is 6.54 Å². The van der Waals surface area contributed by atoms with E-state index in [9.17, 15) is 4.39 Å². The van der Waals surface area contributed by atoms with Gasteiger partial charge in [-0.15, -0.1) is 0 Å². The predicted octanol–water partition coefficient (Wildman–Crippen LogP) is 4.64. The third-order valence-electron chi connectivity index (χ3n) is 2.56. The van der Waals surface area contributed by atoms with E-state index in [0.29, 0.717) is 16.8 Å². The second kappa shape index (κ2) is 6.50. The van der Waals surface area contributed by atoms with Gasteiger partial charge in [0.15, 0.2) is 11.6 Å². The zero-order chi connectivity index (χ0) is 13.8. The summed E-state index contributed by atoms with van der Waals surface area (Å²) in [5.41, 5.74) is 6.62. The molecule has 0 aliphatic heterocycles. The zero-order valence-electron chi connectivity index (χ0n) is 10.00. The van der Waals surface area contributed by atoms with E-state index in [0.717, 1.165) is 16.5 Å². The van der Waals surface area contributed by atoms with Gasteiger partial charge in [-0.3, -0.25) is 0 Å². The Balaban J connectivity index is 2.21. The number of hydrogen-bond acceptors (Lipinski definition) is 2. The predicted molar refractivity (Wildman–Crippen MR) is 81.1 cm³/mol. The lowest BCUT2D eigenvalue weighted by Gasteiger charge is -2.09. The lowest BCUT2D eigenvalue weighted by atomic mass is 10.1. The fraction of sp³-hybridized carbons (Fsp3) is 0.143. The first kappa shape index (κ1) is 14.5. The molecule has 0 aromatic heterocycles. The monoisotopic (exact) mass is 387 g/mol. The number of halogens is 3. The van der Waals surface area contributed by atoms with E-state index in [1.54, 1.807) is 18.2 Å². The van der Waals surface area contributed by atoms with Gasteiger partial charge in [0.1, 0.15) is 5.75 Å². The van der Waals surface area contributed by atoms with Crippen molar-refractivity contribution in [2.45, 2.75) is 6.42 Å². The first-order valence-electron chi connectivity index (χ1n) is 5.71. The first-order chi connectivity index (χ1) is 9.10. The van der Waals surface area contributed by atoms with Crippen molar-refractivity contribution < 1.29 is 9.13 Å². The highest BCUT2D eigenvalue weighted by molar-refractivity contribution is 9.10. The molecule has 5 heteroatoms. The molecule has 0 radical (unpaired) electrons. The largest absolute Gasteiger partial charge is 0.454 e. The smallest absolute Gasteiger partial charge is 0.166 e. The second-order valence-electron chi connectivity index (χ2n) is 3.97. The Hall–Kier alpha value is -0.910. The summed E-state index contributed by atoms with van der Waals surface area (Å²) in [7, 11) is 0. The minimum absolute atomic E-state index is 0.196. The van der Waals surface area contributed by atoms with Gasteiger partial charge in [0.2, 0.25) is 0 Å². The minimum Gasteiger partial charge on any atom is -0.454 e. The van der Waals surface area contributed by atoms with E-state index in [4.69, 9.17) is 10.5 Å². The summed E-state index contributed by atoms with van der Waals surface area (Å²) in [6.45, 7) is 0.583. The van der Waals surface area contributed by atoms with Gasteiger partial charge in [-0.05, 0) is 48.9 Å². The highest BCUT2D eigenvalue weighted by atomic mass is 79.9. The lowest BCUT2D eigenvalue weighted by Crippen LogP contribution is -2.03. The summed E-state index contributed by atoms with van der Waals surface area (Å²) in [5, 5.41) is 0. The maximum absolute atomic E-state index is 13.7. The van der Waals surface area contributed by atoms with E-state index >= 15 is 0 Å². The summed E-state index contributed by atoms with van der Waals surface area (Å²) in [4.78, 5) is 0. The molecule has 2 aromatic rings. The third kappa shape index (κ3) is 3.78. The van der Waals surface area contributed by atoms with Crippen LogP contribution in [0.15, 0.2) is 45.3 Å². The van der Waals surface area contributed by atoms with Gasteiger partial charge in [-0.25, -0.2) is 4.39 Å². The molecule has 0 bridgehead atoms. The van der Waals surface area contributed by atoms with Crippen LogP contribution in [0.5, 0.6) is 11.5 Å². The zero-order valence-corrected chi connectivity index (χ0v) is 13.2. The SMILES string of the molecule is NCCc1ccc(Oc2ccc(Br)cc2F)cc1Br. The van der Waals surface area contributed by atoms with Crippen LogP contribution >= 0.6 is 31.9 Å². The molecule has 0 atom stereocenters. The van der Waals surface area contributed by atoms with Gasteiger partial charge in [0.25, 0.3) is 0 Å². The van der Waals surface area contributed by atoms with E-state index in [2.05, 4.69) is 31.9 Å². The minimum atomic E-state index is -0.406. The summed E-state index contributed by atoms with van der Waals surface area (Å²) in [6.07, 6.45) is 0.785.